The Kier molecular flexibility index (Phi) is 10.9. The molecule has 0 N–H and O–H groups in total. The number of rotatable bonds is 10. The van der Waals surface area contributed by atoms with Crippen LogP contribution >= 0.6 is 0 Å². The Hall–Kier alpha value is -9.50. The van der Waals surface area contributed by atoms with E-state index in [-0.39, 0.29) is 0 Å². The Morgan fingerprint density at radius 3 is 1.28 bits per heavy atom. The first kappa shape index (κ1) is 42.6. The third kappa shape index (κ3) is 7.73. The van der Waals surface area contributed by atoms with E-state index in [9.17, 15) is 0 Å². The third-order valence-corrected chi connectivity index (χ3v) is 14.3. The first-order chi connectivity index (χ1) is 35.7. The molecule has 13 aromatic rings. The summed E-state index contributed by atoms with van der Waals surface area (Å²) < 4.78 is 2.42. The molecule has 1 aromatic heterocycles. The Labute approximate surface area is 420 Å². The molecular formula is C70H48N2. The second kappa shape index (κ2) is 18.4. The zero-order valence-corrected chi connectivity index (χ0v) is 39.6. The second-order valence-corrected chi connectivity index (χ2v) is 18.4. The fourth-order valence-corrected chi connectivity index (χ4v) is 10.8. The quantitative estimate of drug-likeness (QED) is 0.133. The summed E-state index contributed by atoms with van der Waals surface area (Å²) >= 11 is 0. The molecule has 2 nitrogen and oxygen atoms in total. The van der Waals surface area contributed by atoms with Gasteiger partial charge < -0.3 is 9.47 Å². The van der Waals surface area contributed by atoms with E-state index < -0.39 is 0 Å². The monoisotopic (exact) mass is 916 g/mol. The maximum Gasteiger partial charge on any atom is 0.0541 e. The van der Waals surface area contributed by atoms with Gasteiger partial charge in [-0.05, 0) is 121 Å². The summed E-state index contributed by atoms with van der Waals surface area (Å²) in [6.07, 6.45) is 0. The molecule has 0 aliphatic heterocycles. The van der Waals surface area contributed by atoms with Crippen LogP contribution in [0, 0.1) is 0 Å². The number of hydrogen-bond acceptors (Lipinski definition) is 1. The molecule has 0 spiro atoms. The van der Waals surface area contributed by atoms with Crippen LogP contribution in [0.3, 0.4) is 0 Å². The van der Waals surface area contributed by atoms with Crippen molar-refractivity contribution in [2.45, 2.75) is 0 Å². The van der Waals surface area contributed by atoms with Gasteiger partial charge in [0.2, 0.25) is 0 Å². The van der Waals surface area contributed by atoms with Crippen molar-refractivity contribution in [2.75, 3.05) is 4.90 Å². The predicted octanol–water partition coefficient (Wildman–Crippen LogP) is 19.4. The van der Waals surface area contributed by atoms with Gasteiger partial charge in [-0.15, -0.1) is 0 Å². The van der Waals surface area contributed by atoms with Gasteiger partial charge in [-0.1, -0.05) is 237 Å². The standard InChI is InChI=1S/C70H48N2/c1-2-19-53(20-3-1)59-22-6-7-24-61(59)62-25-8-9-26-63(62)64-27-11-15-31-68(64)71(57-44-40-51(41-45-57)50-34-36-52(37-35-50)56-39-38-49-18-4-5-21-55(49)48-56)58-46-42-54(43-47-58)60-23-10-14-30-67(60)72-69-32-16-12-28-65(69)66-29-13-17-33-70(66)72/h1-48H. The normalized spacial score (nSPS) is 11.3. The van der Waals surface area contributed by atoms with Crippen molar-refractivity contribution in [3.63, 3.8) is 0 Å². The van der Waals surface area contributed by atoms with Crippen molar-refractivity contribution in [3.05, 3.63) is 291 Å². The van der Waals surface area contributed by atoms with Crippen LogP contribution in [0.15, 0.2) is 291 Å². The van der Waals surface area contributed by atoms with Gasteiger partial charge in [0.25, 0.3) is 0 Å². The van der Waals surface area contributed by atoms with Crippen molar-refractivity contribution in [1.29, 1.82) is 0 Å². The fraction of sp³-hybridized carbons (Fsp3) is 0. The Morgan fingerprint density at radius 1 is 0.236 bits per heavy atom. The Morgan fingerprint density at radius 2 is 0.639 bits per heavy atom. The van der Waals surface area contributed by atoms with Crippen LogP contribution in [-0.2, 0) is 0 Å². The SMILES string of the molecule is c1ccc(-c2ccccc2-c2ccccc2-c2ccccc2N(c2ccc(-c3ccc(-c4ccc5ccccc5c4)cc3)cc2)c2ccc(-c3ccccc3-n3c4ccccc4c4ccccc43)cc2)cc1. The summed E-state index contributed by atoms with van der Waals surface area (Å²) in [6.45, 7) is 0. The predicted molar refractivity (Wildman–Crippen MR) is 306 cm³/mol. The summed E-state index contributed by atoms with van der Waals surface area (Å²) in [7, 11) is 0. The smallest absolute Gasteiger partial charge is 0.0541 e. The van der Waals surface area contributed by atoms with Gasteiger partial charge in [0.05, 0.1) is 22.4 Å². The lowest BCUT2D eigenvalue weighted by Crippen LogP contribution is -2.11. The van der Waals surface area contributed by atoms with E-state index in [1.165, 1.54) is 82.6 Å². The maximum atomic E-state index is 2.42. The van der Waals surface area contributed by atoms with Crippen molar-refractivity contribution in [2.24, 2.45) is 0 Å². The average molecular weight is 917 g/mol. The van der Waals surface area contributed by atoms with Crippen LogP contribution < -0.4 is 4.90 Å². The van der Waals surface area contributed by atoms with E-state index in [2.05, 4.69) is 301 Å². The van der Waals surface area contributed by atoms with Gasteiger partial charge in [0.1, 0.15) is 0 Å². The van der Waals surface area contributed by atoms with E-state index in [0.29, 0.717) is 0 Å². The summed E-state index contributed by atoms with van der Waals surface area (Å²) in [4.78, 5) is 2.42. The first-order valence-corrected chi connectivity index (χ1v) is 24.7. The van der Waals surface area contributed by atoms with Crippen LogP contribution in [-0.4, -0.2) is 4.57 Å². The molecule has 0 radical (unpaired) electrons. The third-order valence-electron chi connectivity index (χ3n) is 14.3. The maximum absolute atomic E-state index is 2.42. The number of nitrogens with zero attached hydrogens (tertiary/aromatic N) is 2. The van der Waals surface area contributed by atoms with Crippen LogP contribution in [0.5, 0.6) is 0 Å². The molecular weight excluding hydrogens is 869 g/mol. The van der Waals surface area contributed by atoms with Gasteiger partial charge in [-0.3, -0.25) is 0 Å². The molecule has 0 fully saturated rings. The molecule has 0 aliphatic carbocycles. The lowest BCUT2D eigenvalue weighted by molar-refractivity contribution is 1.18. The molecule has 0 unspecified atom stereocenters. The van der Waals surface area contributed by atoms with Gasteiger partial charge >= 0.3 is 0 Å². The summed E-state index contributed by atoms with van der Waals surface area (Å²) in [5.74, 6) is 0. The highest BCUT2D eigenvalue weighted by Gasteiger charge is 2.21. The molecule has 338 valence electrons. The van der Waals surface area contributed by atoms with Crippen molar-refractivity contribution < 1.29 is 0 Å². The highest BCUT2D eigenvalue weighted by Crippen LogP contribution is 2.46. The van der Waals surface area contributed by atoms with E-state index in [4.69, 9.17) is 0 Å². The van der Waals surface area contributed by atoms with E-state index >= 15 is 0 Å². The fourth-order valence-electron chi connectivity index (χ4n) is 10.8. The first-order valence-electron chi connectivity index (χ1n) is 24.7. The number of fused-ring (bicyclic) bond motifs is 4. The number of para-hydroxylation sites is 4. The van der Waals surface area contributed by atoms with Gasteiger partial charge in [-0.25, -0.2) is 0 Å². The average Bonchev–Trinajstić information content (AvgIpc) is 3.80. The Bertz CT molecular complexity index is 4020. The van der Waals surface area contributed by atoms with E-state index in [1.54, 1.807) is 0 Å². The molecule has 72 heavy (non-hydrogen) atoms. The van der Waals surface area contributed by atoms with Crippen molar-refractivity contribution in [3.8, 4) is 72.4 Å². The molecule has 12 aromatic carbocycles. The summed E-state index contributed by atoms with van der Waals surface area (Å²) in [6, 6.07) is 106. The zero-order valence-electron chi connectivity index (χ0n) is 39.6. The Balaban J connectivity index is 0.922. The molecule has 1 heterocycles. The van der Waals surface area contributed by atoms with Crippen molar-refractivity contribution >= 4 is 49.6 Å². The minimum atomic E-state index is 1.06. The molecule has 0 amide bonds. The molecule has 2 heteroatoms. The van der Waals surface area contributed by atoms with E-state index in [1.807, 2.05) is 0 Å². The van der Waals surface area contributed by atoms with Gasteiger partial charge in [0, 0.05) is 33.3 Å². The number of benzene rings is 12. The minimum absolute atomic E-state index is 1.06. The lowest BCUT2D eigenvalue weighted by Gasteiger charge is -2.29. The van der Waals surface area contributed by atoms with Gasteiger partial charge in [0.15, 0.2) is 0 Å². The highest BCUT2D eigenvalue weighted by molar-refractivity contribution is 6.10. The number of aromatic nitrogens is 1. The molecule has 0 bridgehead atoms. The van der Waals surface area contributed by atoms with Crippen LogP contribution in [0.4, 0.5) is 17.1 Å². The minimum Gasteiger partial charge on any atom is -0.310 e. The number of anilines is 3. The second-order valence-electron chi connectivity index (χ2n) is 18.4. The van der Waals surface area contributed by atoms with Gasteiger partial charge in [-0.2, -0.15) is 0 Å². The molecule has 0 aliphatic rings. The van der Waals surface area contributed by atoms with Crippen molar-refractivity contribution in [1.82, 2.24) is 4.57 Å². The van der Waals surface area contributed by atoms with Crippen LogP contribution in [0.2, 0.25) is 0 Å². The lowest BCUT2D eigenvalue weighted by atomic mass is 9.88. The molecule has 0 saturated carbocycles. The molecule has 0 atom stereocenters. The largest absolute Gasteiger partial charge is 0.310 e. The number of hydrogen-bond donors (Lipinski definition) is 0. The van der Waals surface area contributed by atoms with E-state index in [0.717, 1.165) is 39.4 Å². The molecule has 13 rings (SSSR count). The summed E-state index contributed by atoms with van der Waals surface area (Å²) in [5, 5.41) is 5.01. The van der Waals surface area contributed by atoms with Crippen LogP contribution in [0.25, 0.3) is 105 Å². The highest BCUT2D eigenvalue weighted by atomic mass is 15.1. The topological polar surface area (TPSA) is 8.17 Å². The zero-order chi connectivity index (χ0) is 47.8. The summed E-state index contributed by atoms with van der Waals surface area (Å²) in [5.41, 5.74) is 20.9. The molecule has 0 saturated heterocycles. The van der Waals surface area contributed by atoms with Crippen LogP contribution in [0.1, 0.15) is 0 Å².